The lowest BCUT2D eigenvalue weighted by Crippen LogP contribution is -2.31. The van der Waals surface area contributed by atoms with Crippen LogP contribution in [0.3, 0.4) is 0 Å². The molecule has 0 saturated carbocycles. The zero-order chi connectivity index (χ0) is 11.0. The Labute approximate surface area is 89.7 Å². The van der Waals surface area contributed by atoms with Crippen molar-refractivity contribution >= 4 is 11.6 Å². The first-order valence-electron chi connectivity index (χ1n) is 5.07. The number of methoxy groups -OCH3 is 1. The Bertz CT molecular complexity index is 412. The highest BCUT2D eigenvalue weighted by Gasteiger charge is 2.23. The van der Waals surface area contributed by atoms with Gasteiger partial charge in [0.15, 0.2) is 0 Å². The molecule has 1 aromatic carbocycles. The number of hydrogen-bond donors (Lipinski definition) is 0. The van der Waals surface area contributed by atoms with Crippen molar-refractivity contribution in [1.82, 2.24) is 0 Å². The molecule has 1 heterocycles. The van der Waals surface area contributed by atoms with Gasteiger partial charge in [0, 0.05) is 19.0 Å². The molecule has 0 aromatic heterocycles. The molecule has 3 heteroatoms. The molecule has 0 unspecified atom stereocenters. The van der Waals surface area contributed by atoms with E-state index in [1.54, 1.807) is 12.0 Å². The van der Waals surface area contributed by atoms with Gasteiger partial charge in [-0.3, -0.25) is 4.79 Å². The summed E-state index contributed by atoms with van der Waals surface area (Å²) in [6.45, 7) is 2.01. The van der Waals surface area contributed by atoms with Gasteiger partial charge in [-0.1, -0.05) is 0 Å². The minimum atomic E-state index is 0.176. The first-order valence-corrected chi connectivity index (χ1v) is 5.07. The fourth-order valence-corrected chi connectivity index (χ4v) is 2.03. The van der Waals surface area contributed by atoms with Crippen LogP contribution in [0.1, 0.15) is 17.5 Å². The van der Waals surface area contributed by atoms with Crippen molar-refractivity contribution in [3.63, 3.8) is 0 Å². The Morgan fingerprint density at radius 2 is 2.07 bits per heavy atom. The fraction of sp³-hybridized carbons (Fsp3) is 0.417. The first-order chi connectivity index (χ1) is 7.13. The smallest absolute Gasteiger partial charge is 0.227 e. The highest BCUT2D eigenvalue weighted by molar-refractivity contribution is 5.96. The number of benzene rings is 1. The third-order valence-corrected chi connectivity index (χ3v) is 2.87. The van der Waals surface area contributed by atoms with Crippen molar-refractivity contribution in [2.45, 2.75) is 19.8 Å². The number of amides is 1. The van der Waals surface area contributed by atoms with E-state index in [0.717, 1.165) is 29.0 Å². The van der Waals surface area contributed by atoms with E-state index in [1.807, 2.05) is 26.1 Å². The summed E-state index contributed by atoms with van der Waals surface area (Å²) in [6.07, 6.45) is 1.35. The summed E-state index contributed by atoms with van der Waals surface area (Å²) < 4.78 is 5.34. The number of nitrogens with zero attached hydrogens (tertiary/aromatic N) is 1. The van der Waals surface area contributed by atoms with Crippen LogP contribution in [0.4, 0.5) is 5.69 Å². The van der Waals surface area contributed by atoms with Gasteiger partial charge < -0.3 is 9.64 Å². The molecule has 0 saturated heterocycles. The Balaban J connectivity index is 2.58. The van der Waals surface area contributed by atoms with Crippen molar-refractivity contribution in [2.24, 2.45) is 0 Å². The number of carbonyl (C=O) groups is 1. The van der Waals surface area contributed by atoms with Crippen molar-refractivity contribution in [3.8, 4) is 5.75 Å². The number of hydrogen-bond acceptors (Lipinski definition) is 2. The molecule has 15 heavy (non-hydrogen) atoms. The number of aryl methyl sites for hydroxylation is 1. The second kappa shape index (κ2) is 3.57. The van der Waals surface area contributed by atoms with Crippen LogP contribution in [0, 0.1) is 6.92 Å². The lowest BCUT2D eigenvalue weighted by molar-refractivity contribution is -0.118. The van der Waals surface area contributed by atoms with Crippen LogP contribution < -0.4 is 9.64 Å². The molecular weight excluding hydrogens is 190 g/mol. The van der Waals surface area contributed by atoms with Gasteiger partial charge in [0.1, 0.15) is 5.75 Å². The quantitative estimate of drug-likeness (QED) is 0.701. The Morgan fingerprint density at radius 3 is 2.73 bits per heavy atom. The molecule has 0 fully saturated rings. The average molecular weight is 205 g/mol. The van der Waals surface area contributed by atoms with E-state index < -0.39 is 0 Å². The van der Waals surface area contributed by atoms with Crippen molar-refractivity contribution in [2.75, 3.05) is 19.1 Å². The summed E-state index contributed by atoms with van der Waals surface area (Å²) >= 11 is 0. The molecule has 1 aliphatic heterocycles. The van der Waals surface area contributed by atoms with Gasteiger partial charge in [-0.05, 0) is 31.0 Å². The topological polar surface area (TPSA) is 29.5 Å². The maximum absolute atomic E-state index is 11.6. The van der Waals surface area contributed by atoms with Crippen LogP contribution in [0.25, 0.3) is 0 Å². The summed E-state index contributed by atoms with van der Waals surface area (Å²) in [4.78, 5) is 13.3. The van der Waals surface area contributed by atoms with Gasteiger partial charge in [0.05, 0.1) is 12.8 Å². The first kappa shape index (κ1) is 10.0. The molecular formula is C12H15NO2. The molecule has 1 amide bonds. The van der Waals surface area contributed by atoms with Crippen LogP contribution >= 0.6 is 0 Å². The largest absolute Gasteiger partial charge is 0.496 e. The predicted octanol–water partition coefficient (Wildman–Crippen LogP) is 1.91. The minimum Gasteiger partial charge on any atom is -0.496 e. The number of anilines is 1. The monoisotopic (exact) mass is 205 g/mol. The summed E-state index contributed by atoms with van der Waals surface area (Å²) in [7, 11) is 3.49. The second-order valence-electron chi connectivity index (χ2n) is 3.92. The Kier molecular flexibility index (Phi) is 2.39. The van der Waals surface area contributed by atoms with Crippen molar-refractivity contribution in [1.29, 1.82) is 0 Å². The van der Waals surface area contributed by atoms with E-state index in [1.165, 1.54) is 0 Å². The van der Waals surface area contributed by atoms with Crippen molar-refractivity contribution < 1.29 is 9.53 Å². The van der Waals surface area contributed by atoms with Gasteiger partial charge in [0.25, 0.3) is 0 Å². The second-order valence-corrected chi connectivity index (χ2v) is 3.92. The normalized spacial score (nSPS) is 15.1. The van der Waals surface area contributed by atoms with Gasteiger partial charge in [-0.2, -0.15) is 0 Å². The number of ether oxygens (including phenoxy) is 1. The van der Waals surface area contributed by atoms with Crippen LogP contribution in [0.15, 0.2) is 12.1 Å². The van der Waals surface area contributed by atoms with E-state index in [9.17, 15) is 4.79 Å². The molecule has 80 valence electrons. The molecule has 0 spiro atoms. The van der Waals surface area contributed by atoms with Gasteiger partial charge in [-0.25, -0.2) is 0 Å². The van der Waals surface area contributed by atoms with E-state index in [2.05, 4.69) is 0 Å². The molecule has 0 atom stereocenters. The standard InChI is InChI=1S/C12H15NO2/c1-8-6-10-9(11(7-8)15-3)4-5-12(14)13(10)2/h6-7H,4-5H2,1-3H3. The third kappa shape index (κ3) is 1.58. The average Bonchev–Trinajstić information content (AvgIpc) is 2.23. The molecule has 1 aliphatic rings. The molecule has 3 nitrogen and oxygen atoms in total. The summed E-state index contributed by atoms with van der Waals surface area (Å²) in [5.41, 5.74) is 3.25. The van der Waals surface area contributed by atoms with Crippen LogP contribution in [-0.2, 0) is 11.2 Å². The highest BCUT2D eigenvalue weighted by atomic mass is 16.5. The SMILES string of the molecule is COc1cc(C)cc2c1CCC(=O)N2C. The zero-order valence-electron chi connectivity index (χ0n) is 9.33. The van der Waals surface area contributed by atoms with Gasteiger partial charge >= 0.3 is 0 Å². The molecule has 0 bridgehead atoms. The number of rotatable bonds is 1. The van der Waals surface area contributed by atoms with E-state index in [0.29, 0.717) is 6.42 Å². The van der Waals surface area contributed by atoms with E-state index in [-0.39, 0.29) is 5.91 Å². The third-order valence-electron chi connectivity index (χ3n) is 2.87. The minimum absolute atomic E-state index is 0.176. The Hall–Kier alpha value is -1.51. The molecule has 0 N–H and O–H groups in total. The maximum atomic E-state index is 11.6. The molecule has 2 rings (SSSR count). The summed E-state index contributed by atoms with van der Waals surface area (Å²) in [6, 6.07) is 4.05. The summed E-state index contributed by atoms with van der Waals surface area (Å²) in [5, 5.41) is 0. The van der Waals surface area contributed by atoms with Crippen LogP contribution in [0.5, 0.6) is 5.75 Å². The Morgan fingerprint density at radius 1 is 1.33 bits per heavy atom. The zero-order valence-corrected chi connectivity index (χ0v) is 9.33. The fourth-order valence-electron chi connectivity index (χ4n) is 2.03. The van der Waals surface area contributed by atoms with E-state index in [4.69, 9.17) is 4.74 Å². The highest BCUT2D eigenvalue weighted by Crippen LogP contribution is 2.35. The molecule has 0 aliphatic carbocycles. The lowest BCUT2D eigenvalue weighted by Gasteiger charge is -2.27. The number of carbonyl (C=O) groups excluding carboxylic acids is 1. The van der Waals surface area contributed by atoms with Gasteiger partial charge in [0.2, 0.25) is 5.91 Å². The molecule has 0 radical (unpaired) electrons. The summed E-state index contributed by atoms with van der Waals surface area (Å²) in [5.74, 6) is 1.07. The maximum Gasteiger partial charge on any atom is 0.227 e. The lowest BCUT2D eigenvalue weighted by atomic mass is 9.98. The van der Waals surface area contributed by atoms with E-state index >= 15 is 0 Å². The predicted molar refractivity (Wildman–Crippen MR) is 59.5 cm³/mol. The number of fused-ring (bicyclic) bond motifs is 1. The van der Waals surface area contributed by atoms with Crippen molar-refractivity contribution in [3.05, 3.63) is 23.3 Å². The molecule has 1 aromatic rings. The van der Waals surface area contributed by atoms with Crippen LogP contribution in [-0.4, -0.2) is 20.1 Å². The van der Waals surface area contributed by atoms with Gasteiger partial charge in [-0.15, -0.1) is 0 Å². The van der Waals surface area contributed by atoms with Crippen LogP contribution in [0.2, 0.25) is 0 Å².